The lowest BCUT2D eigenvalue weighted by atomic mass is 9.85. The summed E-state index contributed by atoms with van der Waals surface area (Å²) in [7, 11) is 0. The smallest absolute Gasteiger partial charge is 0.272 e. The van der Waals surface area contributed by atoms with E-state index in [2.05, 4.69) is 21.6 Å². The Kier molecular flexibility index (Phi) is 9.13. The van der Waals surface area contributed by atoms with Crippen LogP contribution >= 0.6 is 11.6 Å². The van der Waals surface area contributed by atoms with E-state index in [9.17, 15) is 4.79 Å². The van der Waals surface area contributed by atoms with Crippen molar-refractivity contribution >= 4 is 17.5 Å². The van der Waals surface area contributed by atoms with Crippen LogP contribution in [0, 0.1) is 0 Å². The van der Waals surface area contributed by atoms with Gasteiger partial charge in [-0.3, -0.25) is 9.89 Å². The van der Waals surface area contributed by atoms with Gasteiger partial charge < -0.3 is 10.4 Å². The summed E-state index contributed by atoms with van der Waals surface area (Å²) >= 11 is 6.12. The van der Waals surface area contributed by atoms with Gasteiger partial charge in [-0.05, 0) is 43.4 Å². The van der Waals surface area contributed by atoms with Gasteiger partial charge in [0.15, 0.2) is 5.69 Å². The van der Waals surface area contributed by atoms with Gasteiger partial charge in [-0.2, -0.15) is 5.10 Å². The van der Waals surface area contributed by atoms with Gasteiger partial charge in [-0.25, -0.2) is 0 Å². The first-order chi connectivity index (χ1) is 15.2. The number of carbonyl (C=O) groups excluding carboxylic acids is 1. The molecule has 1 amide bonds. The Bertz CT molecular complexity index is 916. The van der Waals surface area contributed by atoms with Crippen molar-refractivity contribution < 1.29 is 9.90 Å². The fraction of sp³-hybridized carbons (Fsp3) is 0.360. The van der Waals surface area contributed by atoms with Gasteiger partial charge in [-0.1, -0.05) is 73.0 Å². The molecule has 4 rings (SSSR count). The van der Waals surface area contributed by atoms with Crippen molar-refractivity contribution in [2.45, 2.75) is 44.4 Å². The Hall–Kier alpha value is -2.63. The van der Waals surface area contributed by atoms with Crippen molar-refractivity contribution in [1.82, 2.24) is 15.5 Å². The molecule has 1 aromatic heterocycles. The predicted molar refractivity (Wildman–Crippen MR) is 125 cm³/mol. The zero-order chi connectivity index (χ0) is 21.9. The van der Waals surface area contributed by atoms with E-state index in [-0.39, 0.29) is 19.1 Å². The number of carbonyl (C=O) groups is 1. The van der Waals surface area contributed by atoms with E-state index in [1.165, 1.54) is 12.0 Å². The van der Waals surface area contributed by atoms with E-state index in [1.54, 1.807) is 0 Å². The number of rotatable bonds is 5. The number of halogens is 1. The monoisotopic (exact) mass is 439 g/mol. The number of aliphatic hydroxyl groups is 1. The number of aromatic amines is 1. The Labute approximate surface area is 188 Å². The number of hydrogen-bond donors (Lipinski definition) is 3. The first-order valence-corrected chi connectivity index (χ1v) is 11.3. The Morgan fingerprint density at radius 3 is 2.52 bits per heavy atom. The standard InChI is InChI=1S/C19H24ClN3O2.C6H6/c20-15-7-4-5-13(12-15)11-14-6-2-1-3-8-16-17(14)22-23-18(16)19(25)21-9-10-24;1-2-4-6-5-3-1/h4-5,7,12,14,24H,1-3,6,8-11H2,(H,21,25)(H,22,23);1-6H/t14-;/m1./s1. The van der Waals surface area contributed by atoms with Crippen molar-refractivity contribution in [2.24, 2.45) is 0 Å². The summed E-state index contributed by atoms with van der Waals surface area (Å²) in [5.74, 6) is 0.0919. The molecular formula is C25H30ClN3O2. The number of fused-ring (bicyclic) bond motifs is 1. The molecule has 0 saturated carbocycles. The van der Waals surface area contributed by atoms with Crippen LogP contribution in [0.1, 0.15) is 58.9 Å². The maximum absolute atomic E-state index is 12.3. The quantitative estimate of drug-likeness (QED) is 0.528. The van der Waals surface area contributed by atoms with Crippen molar-refractivity contribution in [1.29, 1.82) is 0 Å². The van der Waals surface area contributed by atoms with Crippen LogP contribution in [0.2, 0.25) is 5.02 Å². The molecule has 0 radical (unpaired) electrons. The van der Waals surface area contributed by atoms with E-state index in [0.29, 0.717) is 11.6 Å². The Morgan fingerprint density at radius 1 is 1.10 bits per heavy atom. The third-order valence-corrected chi connectivity index (χ3v) is 5.67. The summed E-state index contributed by atoms with van der Waals surface area (Å²) < 4.78 is 0. The second kappa shape index (κ2) is 12.3. The molecule has 1 aliphatic carbocycles. The number of H-pyrrole nitrogens is 1. The number of aliphatic hydroxyl groups excluding tert-OH is 1. The summed E-state index contributed by atoms with van der Waals surface area (Å²) in [5, 5.41) is 19.8. The van der Waals surface area contributed by atoms with Gasteiger partial charge in [0.1, 0.15) is 0 Å². The predicted octanol–water partition coefficient (Wildman–Crippen LogP) is 4.91. The molecule has 31 heavy (non-hydrogen) atoms. The van der Waals surface area contributed by atoms with Crippen molar-refractivity contribution in [3.63, 3.8) is 0 Å². The number of nitrogens with zero attached hydrogens (tertiary/aromatic N) is 1. The lowest BCUT2D eigenvalue weighted by molar-refractivity contribution is 0.0938. The zero-order valence-corrected chi connectivity index (χ0v) is 18.4. The zero-order valence-electron chi connectivity index (χ0n) is 17.7. The van der Waals surface area contributed by atoms with Crippen LogP contribution in [0.5, 0.6) is 0 Å². The lowest BCUT2D eigenvalue weighted by Crippen LogP contribution is -2.27. The minimum absolute atomic E-state index is 0.0737. The number of hydrogen-bond acceptors (Lipinski definition) is 3. The molecule has 1 heterocycles. The molecule has 3 N–H and O–H groups in total. The van der Waals surface area contributed by atoms with Gasteiger partial charge in [0, 0.05) is 28.7 Å². The van der Waals surface area contributed by atoms with Gasteiger partial charge in [0.25, 0.3) is 5.91 Å². The highest BCUT2D eigenvalue weighted by Gasteiger charge is 2.26. The second-order valence-corrected chi connectivity index (χ2v) is 8.17. The first kappa shape index (κ1) is 23.0. The van der Waals surface area contributed by atoms with E-state index in [1.807, 2.05) is 54.6 Å². The van der Waals surface area contributed by atoms with Gasteiger partial charge in [0.05, 0.1) is 6.61 Å². The molecular weight excluding hydrogens is 410 g/mol. The molecule has 1 aliphatic rings. The van der Waals surface area contributed by atoms with Gasteiger partial charge >= 0.3 is 0 Å². The molecule has 0 fully saturated rings. The fourth-order valence-corrected chi connectivity index (χ4v) is 4.17. The number of benzene rings is 2. The van der Waals surface area contributed by atoms with Crippen LogP contribution in [-0.4, -0.2) is 34.4 Å². The highest BCUT2D eigenvalue weighted by Crippen LogP contribution is 2.33. The Morgan fingerprint density at radius 2 is 1.84 bits per heavy atom. The molecule has 0 spiro atoms. The second-order valence-electron chi connectivity index (χ2n) is 7.73. The van der Waals surface area contributed by atoms with Crippen LogP contribution < -0.4 is 5.32 Å². The van der Waals surface area contributed by atoms with E-state index < -0.39 is 0 Å². The Balaban J connectivity index is 0.000000391. The molecule has 0 saturated heterocycles. The van der Waals surface area contributed by atoms with Crippen LogP contribution in [0.3, 0.4) is 0 Å². The average Bonchev–Trinajstić information content (AvgIpc) is 3.19. The van der Waals surface area contributed by atoms with E-state index in [4.69, 9.17) is 16.7 Å². The van der Waals surface area contributed by atoms with Crippen molar-refractivity contribution in [3.8, 4) is 0 Å². The van der Waals surface area contributed by atoms with Gasteiger partial charge in [-0.15, -0.1) is 0 Å². The average molecular weight is 440 g/mol. The summed E-state index contributed by atoms with van der Waals surface area (Å²) in [6.07, 6.45) is 6.22. The molecule has 1 atom stereocenters. The number of aromatic nitrogens is 2. The molecule has 5 nitrogen and oxygen atoms in total. The molecule has 2 aromatic carbocycles. The SMILES string of the molecule is O=C(NCCO)c1n[nH]c2c1CCCCC[C@@H]2Cc1cccc(Cl)c1.c1ccccc1. The van der Waals surface area contributed by atoms with Gasteiger partial charge in [0.2, 0.25) is 0 Å². The number of nitrogens with one attached hydrogen (secondary N) is 2. The third kappa shape index (κ3) is 6.94. The fourth-order valence-electron chi connectivity index (χ4n) is 3.96. The first-order valence-electron chi connectivity index (χ1n) is 10.9. The minimum Gasteiger partial charge on any atom is -0.395 e. The largest absolute Gasteiger partial charge is 0.395 e. The topological polar surface area (TPSA) is 78.0 Å². The summed E-state index contributed by atoms with van der Waals surface area (Å²) in [4.78, 5) is 12.3. The van der Waals surface area contributed by atoms with Crippen molar-refractivity contribution in [3.05, 3.63) is 88.2 Å². The lowest BCUT2D eigenvalue weighted by Gasteiger charge is -2.20. The van der Waals surface area contributed by atoms with Crippen LogP contribution in [-0.2, 0) is 12.8 Å². The maximum atomic E-state index is 12.3. The van der Waals surface area contributed by atoms with Crippen molar-refractivity contribution in [2.75, 3.05) is 13.2 Å². The summed E-state index contributed by atoms with van der Waals surface area (Å²) in [6, 6.07) is 20.0. The summed E-state index contributed by atoms with van der Waals surface area (Å²) in [6.45, 7) is 0.169. The molecule has 3 aromatic rings. The highest BCUT2D eigenvalue weighted by molar-refractivity contribution is 6.30. The maximum Gasteiger partial charge on any atom is 0.272 e. The number of amides is 1. The summed E-state index contributed by atoms with van der Waals surface area (Å²) in [5.41, 5.74) is 3.78. The normalized spacial score (nSPS) is 15.6. The minimum atomic E-state index is -0.214. The molecule has 0 aliphatic heterocycles. The third-order valence-electron chi connectivity index (χ3n) is 5.44. The van der Waals surface area contributed by atoms with E-state index >= 15 is 0 Å². The van der Waals surface area contributed by atoms with Crippen LogP contribution in [0.15, 0.2) is 60.7 Å². The molecule has 164 valence electrons. The highest BCUT2D eigenvalue weighted by atomic mass is 35.5. The molecule has 0 unspecified atom stereocenters. The van der Waals surface area contributed by atoms with Crippen LogP contribution in [0.4, 0.5) is 0 Å². The van der Waals surface area contributed by atoms with Crippen LogP contribution in [0.25, 0.3) is 0 Å². The molecule has 0 bridgehead atoms. The van der Waals surface area contributed by atoms with E-state index in [0.717, 1.165) is 48.4 Å². The molecule has 6 heteroatoms.